The van der Waals surface area contributed by atoms with Crippen molar-refractivity contribution < 1.29 is 0 Å². The van der Waals surface area contributed by atoms with Crippen LogP contribution in [0, 0.1) is 13.8 Å². The van der Waals surface area contributed by atoms with Gasteiger partial charge in [-0.25, -0.2) is 9.97 Å². The second-order valence-electron chi connectivity index (χ2n) is 6.27. The van der Waals surface area contributed by atoms with Crippen molar-refractivity contribution in [3.8, 4) is 0 Å². The molecule has 2 heterocycles. The molecule has 24 heavy (non-hydrogen) atoms. The average molecular weight is 408 g/mol. The van der Waals surface area contributed by atoms with Gasteiger partial charge in [-0.1, -0.05) is 15.9 Å². The van der Waals surface area contributed by atoms with Crippen LogP contribution >= 0.6 is 28.3 Å². The van der Waals surface area contributed by atoms with Gasteiger partial charge in [-0.15, -0.1) is 12.4 Å². The van der Waals surface area contributed by atoms with Gasteiger partial charge in [-0.3, -0.25) is 0 Å². The molecule has 1 unspecified atom stereocenters. The Hall–Kier alpha value is -1.59. The van der Waals surface area contributed by atoms with E-state index in [2.05, 4.69) is 54.4 Å². The molecule has 0 amide bonds. The highest BCUT2D eigenvalue weighted by Gasteiger charge is 2.25. The first-order chi connectivity index (χ1) is 11.1. The molecule has 1 aliphatic rings. The van der Waals surface area contributed by atoms with Crippen molar-refractivity contribution in [1.82, 2.24) is 15.0 Å². The van der Waals surface area contributed by atoms with E-state index in [1.165, 1.54) is 28.6 Å². The molecule has 4 nitrogen and oxygen atoms in total. The molecule has 0 radical (unpaired) electrons. The lowest BCUT2D eigenvalue weighted by Gasteiger charge is -2.24. The summed E-state index contributed by atoms with van der Waals surface area (Å²) in [5, 5.41) is 4.85. The number of rotatable bonds is 2. The molecule has 1 atom stereocenters. The van der Waals surface area contributed by atoms with E-state index in [0.29, 0.717) is 0 Å². The van der Waals surface area contributed by atoms with Crippen LogP contribution in [0.3, 0.4) is 0 Å². The lowest BCUT2D eigenvalue weighted by Crippen LogP contribution is -2.18. The van der Waals surface area contributed by atoms with E-state index >= 15 is 0 Å². The fourth-order valence-electron chi connectivity index (χ4n) is 3.53. The molecule has 1 aliphatic carbocycles. The number of H-pyrrole nitrogens is 1. The number of fused-ring (bicyclic) bond motifs is 3. The highest BCUT2D eigenvalue weighted by atomic mass is 79.9. The maximum Gasteiger partial charge on any atom is 0.223 e. The number of hydrogen-bond donors (Lipinski definition) is 2. The van der Waals surface area contributed by atoms with E-state index in [9.17, 15) is 0 Å². The number of benzene rings is 1. The number of aromatic amines is 1. The number of nitrogens with zero attached hydrogens (tertiary/aromatic N) is 2. The minimum Gasteiger partial charge on any atom is -0.356 e. The highest BCUT2D eigenvalue weighted by molar-refractivity contribution is 9.10. The van der Waals surface area contributed by atoms with Gasteiger partial charge in [0.2, 0.25) is 5.95 Å². The number of hydrogen-bond acceptors (Lipinski definition) is 3. The summed E-state index contributed by atoms with van der Waals surface area (Å²) in [6.45, 7) is 4.01. The Balaban J connectivity index is 0.00000169. The summed E-state index contributed by atoms with van der Waals surface area (Å²) in [5.74, 6) is 0.722. The van der Waals surface area contributed by atoms with Crippen LogP contribution < -0.4 is 5.32 Å². The van der Waals surface area contributed by atoms with E-state index in [1.54, 1.807) is 0 Å². The van der Waals surface area contributed by atoms with E-state index in [-0.39, 0.29) is 18.4 Å². The molecule has 6 heteroatoms. The van der Waals surface area contributed by atoms with E-state index in [1.807, 2.05) is 19.9 Å². The summed E-state index contributed by atoms with van der Waals surface area (Å²) in [6, 6.07) is 8.67. The number of nitrogens with one attached hydrogen (secondary N) is 2. The Kier molecular flexibility index (Phi) is 4.83. The van der Waals surface area contributed by atoms with Crippen LogP contribution in [0.4, 0.5) is 5.95 Å². The minimum absolute atomic E-state index is 0. The molecule has 0 bridgehead atoms. The van der Waals surface area contributed by atoms with Gasteiger partial charge >= 0.3 is 0 Å². The van der Waals surface area contributed by atoms with Crippen LogP contribution in [0.2, 0.25) is 0 Å². The molecule has 4 rings (SSSR count). The van der Waals surface area contributed by atoms with Crippen molar-refractivity contribution in [2.45, 2.75) is 39.2 Å². The molecular weight excluding hydrogens is 388 g/mol. The van der Waals surface area contributed by atoms with Gasteiger partial charge in [0.15, 0.2) is 0 Å². The average Bonchev–Trinajstić information content (AvgIpc) is 2.85. The summed E-state index contributed by atoms with van der Waals surface area (Å²) in [6.07, 6.45) is 3.39. The number of halogens is 2. The molecule has 0 spiro atoms. The summed E-state index contributed by atoms with van der Waals surface area (Å²) in [7, 11) is 0. The molecule has 0 saturated carbocycles. The maximum atomic E-state index is 4.53. The maximum absolute atomic E-state index is 4.53. The minimum atomic E-state index is 0. The van der Waals surface area contributed by atoms with Gasteiger partial charge < -0.3 is 10.3 Å². The zero-order valence-electron chi connectivity index (χ0n) is 13.7. The fraction of sp³-hybridized carbons (Fsp3) is 0.333. The van der Waals surface area contributed by atoms with Gasteiger partial charge in [-0.05, 0) is 62.9 Å². The Labute approximate surface area is 156 Å². The number of anilines is 1. The normalized spacial score (nSPS) is 16.5. The fourth-order valence-corrected chi connectivity index (χ4v) is 3.89. The largest absolute Gasteiger partial charge is 0.356 e. The van der Waals surface area contributed by atoms with Crippen molar-refractivity contribution in [3.05, 3.63) is 51.4 Å². The zero-order chi connectivity index (χ0) is 16.0. The third kappa shape index (κ3) is 3.15. The summed E-state index contributed by atoms with van der Waals surface area (Å²) < 4.78 is 1.12. The standard InChI is InChI=1S/C18H19BrN4.ClH/c1-10-8-11(2)21-18(20-10)23-16-5-3-4-13-14-9-12(19)6-7-15(14)22-17(13)16;/h6-9,16,22H,3-5H2,1-2H3,(H,20,21,23);1H. The second-order valence-corrected chi connectivity index (χ2v) is 7.19. The van der Waals surface area contributed by atoms with Gasteiger partial charge in [0.25, 0.3) is 0 Å². The molecule has 3 aromatic rings. The quantitative estimate of drug-likeness (QED) is 0.610. The van der Waals surface area contributed by atoms with Crippen LogP contribution in [-0.2, 0) is 6.42 Å². The first kappa shape index (κ1) is 17.2. The Morgan fingerprint density at radius 2 is 1.92 bits per heavy atom. The van der Waals surface area contributed by atoms with Crippen molar-refractivity contribution in [2.24, 2.45) is 0 Å². The lowest BCUT2D eigenvalue weighted by molar-refractivity contribution is 0.588. The van der Waals surface area contributed by atoms with Gasteiger partial charge in [0.1, 0.15) is 0 Å². The predicted molar refractivity (Wildman–Crippen MR) is 104 cm³/mol. The summed E-state index contributed by atoms with van der Waals surface area (Å²) in [4.78, 5) is 12.7. The van der Waals surface area contributed by atoms with Gasteiger partial charge in [0, 0.05) is 32.5 Å². The summed E-state index contributed by atoms with van der Waals surface area (Å²) in [5.41, 5.74) is 5.91. The van der Waals surface area contributed by atoms with Crippen LogP contribution in [0.25, 0.3) is 10.9 Å². The Bertz CT molecular complexity index is 870. The molecular formula is C18H20BrClN4. The number of aromatic nitrogens is 3. The molecule has 2 N–H and O–H groups in total. The molecule has 0 aliphatic heterocycles. The monoisotopic (exact) mass is 406 g/mol. The van der Waals surface area contributed by atoms with Crippen molar-refractivity contribution >= 4 is 45.2 Å². The molecule has 0 fully saturated rings. The van der Waals surface area contributed by atoms with Gasteiger partial charge in [0.05, 0.1) is 6.04 Å². The molecule has 2 aromatic heterocycles. The van der Waals surface area contributed by atoms with Crippen molar-refractivity contribution in [3.63, 3.8) is 0 Å². The second kappa shape index (κ2) is 6.73. The van der Waals surface area contributed by atoms with Gasteiger partial charge in [-0.2, -0.15) is 0 Å². The molecule has 1 aromatic carbocycles. The third-order valence-corrected chi connectivity index (χ3v) is 4.95. The highest BCUT2D eigenvalue weighted by Crippen LogP contribution is 2.37. The predicted octanol–water partition coefficient (Wildman–Crippen LogP) is 5.25. The SMILES string of the molecule is Cc1cc(C)nc(NC2CCCc3c2[nH]c2ccc(Br)cc32)n1.Cl. The van der Waals surface area contributed by atoms with Crippen LogP contribution in [-0.4, -0.2) is 15.0 Å². The number of aryl methyl sites for hydroxylation is 3. The smallest absolute Gasteiger partial charge is 0.223 e. The van der Waals surface area contributed by atoms with E-state index in [0.717, 1.165) is 34.7 Å². The van der Waals surface area contributed by atoms with E-state index < -0.39 is 0 Å². The first-order valence-electron chi connectivity index (χ1n) is 7.99. The third-order valence-electron chi connectivity index (χ3n) is 4.45. The summed E-state index contributed by atoms with van der Waals surface area (Å²) >= 11 is 3.58. The molecule has 0 saturated heterocycles. The first-order valence-corrected chi connectivity index (χ1v) is 8.78. The van der Waals surface area contributed by atoms with Crippen LogP contribution in [0.15, 0.2) is 28.7 Å². The Morgan fingerprint density at radius 1 is 1.17 bits per heavy atom. The molecule has 126 valence electrons. The topological polar surface area (TPSA) is 53.6 Å². The van der Waals surface area contributed by atoms with Crippen molar-refractivity contribution in [1.29, 1.82) is 0 Å². The van der Waals surface area contributed by atoms with Crippen LogP contribution in [0.5, 0.6) is 0 Å². The van der Waals surface area contributed by atoms with Crippen LogP contribution in [0.1, 0.15) is 41.5 Å². The van der Waals surface area contributed by atoms with Crippen molar-refractivity contribution in [2.75, 3.05) is 5.32 Å². The van der Waals surface area contributed by atoms with E-state index in [4.69, 9.17) is 0 Å². The zero-order valence-corrected chi connectivity index (χ0v) is 16.1. The Morgan fingerprint density at radius 3 is 2.67 bits per heavy atom. The lowest BCUT2D eigenvalue weighted by atomic mass is 9.92.